The first-order chi connectivity index (χ1) is 15.8. The summed E-state index contributed by atoms with van der Waals surface area (Å²) in [6.45, 7) is 10.3. The van der Waals surface area contributed by atoms with Crippen LogP contribution in [0, 0.1) is 6.92 Å². The van der Waals surface area contributed by atoms with Crippen LogP contribution in [0.3, 0.4) is 0 Å². The molecule has 1 fully saturated rings. The highest BCUT2D eigenvalue weighted by Gasteiger charge is 2.33. The number of piperazine rings is 1. The molecule has 0 aliphatic carbocycles. The molecule has 2 aromatic carbocycles. The lowest BCUT2D eigenvalue weighted by Gasteiger charge is -2.35. The third kappa shape index (κ3) is 5.59. The summed E-state index contributed by atoms with van der Waals surface area (Å²) >= 11 is 0. The molecule has 0 radical (unpaired) electrons. The molecule has 1 atom stereocenters. The topological polar surface area (TPSA) is 107 Å². The van der Waals surface area contributed by atoms with Crippen LogP contribution in [-0.4, -0.2) is 66.8 Å². The molecular formula is C25H33N3O5S. The number of hydrogen-bond donors (Lipinski definition) is 2. The number of amides is 2. The summed E-state index contributed by atoms with van der Waals surface area (Å²) in [4.78, 5) is 26.9. The third-order valence-corrected chi connectivity index (χ3v) is 7.94. The molecule has 0 bridgehead atoms. The van der Waals surface area contributed by atoms with Crippen LogP contribution in [0.5, 0.6) is 5.75 Å². The van der Waals surface area contributed by atoms with Gasteiger partial charge in [-0.2, -0.15) is 4.31 Å². The second kappa shape index (κ2) is 9.76. The van der Waals surface area contributed by atoms with Crippen LogP contribution in [0.15, 0.2) is 47.4 Å². The van der Waals surface area contributed by atoms with E-state index in [1.165, 1.54) is 16.4 Å². The van der Waals surface area contributed by atoms with Gasteiger partial charge in [-0.25, -0.2) is 8.42 Å². The van der Waals surface area contributed by atoms with Gasteiger partial charge in [-0.3, -0.25) is 9.59 Å². The van der Waals surface area contributed by atoms with E-state index in [0.717, 1.165) is 11.1 Å². The monoisotopic (exact) mass is 487 g/mol. The van der Waals surface area contributed by atoms with Gasteiger partial charge in [0, 0.05) is 31.7 Å². The summed E-state index contributed by atoms with van der Waals surface area (Å²) in [7, 11) is -3.88. The van der Waals surface area contributed by atoms with Crippen molar-refractivity contribution in [3.63, 3.8) is 0 Å². The lowest BCUT2D eigenvalue weighted by molar-refractivity contribution is -0.134. The van der Waals surface area contributed by atoms with Crippen molar-refractivity contribution in [1.82, 2.24) is 14.5 Å². The molecule has 3 rings (SSSR count). The largest absolute Gasteiger partial charge is 0.507 e. The van der Waals surface area contributed by atoms with Crippen molar-refractivity contribution >= 4 is 21.8 Å². The van der Waals surface area contributed by atoms with Gasteiger partial charge in [0.05, 0.1) is 0 Å². The number of sulfonamides is 1. The molecule has 2 aromatic rings. The minimum atomic E-state index is -3.88. The fourth-order valence-electron chi connectivity index (χ4n) is 3.85. The van der Waals surface area contributed by atoms with Gasteiger partial charge in [-0.05, 0) is 54.7 Å². The van der Waals surface area contributed by atoms with E-state index in [0.29, 0.717) is 5.56 Å². The highest BCUT2D eigenvalue weighted by atomic mass is 32.2. The van der Waals surface area contributed by atoms with Crippen LogP contribution >= 0.6 is 0 Å². The fourth-order valence-corrected chi connectivity index (χ4v) is 5.44. The number of phenolic OH excluding ortho intramolecular Hbond substituents is 1. The van der Waals surface area contributed by atoms with Crippen molar-refractivity contribution < 1.29 is 23.1 Å². The highest BCUT2D eigenvalue weighted by molar-refractivity contribution is 7.89. The maximum Gasteiger partial charge on any atom is 0.251 e. The van der Waals surface area contributed by atoms with E-state index >= 15 is 0 Å². The summed E-state index contributed by atoms with van der Waals surface area (Å²) in [6.07, 6.45) is 0. The highest BCUT2D eigenvalue weighted by Crippen LogP contribution is 2.27. The number of aryl methyl sites for hydroxylation is 1. The van der Waals surface area contributed by atoms with E-state index in [-0.39, 0.29) is 54.1 Å². The predicted molar refractivity (Wildman–Crippen MR) is 130 cm³/mol. The predicted octanol–water partition coefficient (Wildman–Crippen LogP) is 2.65. The molecule has 9 heteroatoms. The van der Waals surface area contributed by atoms with Crippen molar-refractivity contribution in [3.8, 4) is 5.75 Å². The maximum atomic E-state index is 13.0. The maximum absolute atomic E-state index is 13.0. The number of carbonyl (C=O) groups is 2. The first-order valence-electron chi connectivity index (χ1n) is 11.3. The minimum Gasteiger partial charge on any atom is -0.507 e. The number of benzene rings is 2. The molecule has 0 aromatic heterocycles. The molecule has 1 unspecified atom stereocenters. The van der Waals surface area contributed by atoms with Crippen LogP contribution in [0.4, 0.5) is 0 Å². The SMILES string of the molecule is Cc1ccc(O)c(S(=O)(=O)N2CCN(C(=O)C(C)NC(=O)c3ccc(C(C)(C)C)cc3)CC2)c1. The average Bonchev–Trinajstić information content (AvgIpc) is 2.79. The van der Waals surface area contributed by atoms with Gasteiger partial charge in [-0.15, -0.1) is 0 Å². The molecule has 1 saturated heterocycles. The van der Waals surface area contributed by atoms with E-state index in [1.54, 1.807) is 36.9 Å². The van der Waals surface area contributed by atoms with Gasteiger partial charge < -0.3 is 15.3 Å². The Morgan fingerprint density at radius 1 is 1.00 bits per heavy atom. The molecule has 8 nitrogen and oxygen atoms in total. The lowest BCUT2D eigenvalue weighted by Crippen LogP contribution is -2.55. The zero-order chi connectivity index (χ0) is 25.3. The third-order valence-electron chi connectivity index (χ3n) is 6.01. The first kappa shape index (κ1) is 25.7. The fraction of sp³-hybridized carbons (Fsp3) is 0.440. The Kier molecular flexibility index (Phi) is 7.38. The Morgan fingerprint density at radius 2 is 1.59 bits per heavy atom. The number of nitrogens with one attached hydrogen (secondary N) is 1. The molecule has 0 spiro atoms. The Bertz CT molecular complexity index is 1160. The van der Waals surface area contributed by atoms with E-state index in [2.05, 4.69) is 26.1 Å². The van der Waals surface area contributed by atoms with Gasteiger partial charge in [0.25, 0.3) is 5.91 Å². The number of carbonyl (C=O) groups excluding carboxylic acids is 2. The normalized spacial score (nSPS) is 16.2. The summed E-state index contributed by atoms with van der Waals surface area (Å²) in [5, 5.41) is 12.8. The molecule has 34 heavy (non-hydrogen) atoms. The number of phenols is 1. The smallest absolute Gasteiger partial charge is 0.251 e. The Morgan fingerprint density at radius 3 is 2.15 bits per heavy atom. The molecule has 2 N–H and O–H groups in total. The zero-order valence-electron chi connectivity index (χ0n) is 20.3. The minimum absolute atomic E-state index is 0.0219. The molecule has 0 saturated carbocycles. The molecule has 2 amide bonds. The number of rotatable bonds is 5. The summed E-state index contributed by atoms with van der Waals surface area (Å²) in [5.74, 6) is -0.900. The van der Waals surface area contributed by atoms with Gasteiger partial charge in [-0.1, -0.05) is 39.0 Å². The molecule has 184 valence electrons. The first-order valence-corrected chi connectivity index (χ1v) is 12.7. The van der Waals surface area contributed by atoms with Gasteiger partial charge in [0.1, 0.15) is 16.7 Å². The molecule has 1 aliphatic heterocycles. The number of aromatic hydroxyl groups is 1. The van der Waals surface area contributed by atoms with Crippen LogP contribution in [0.2, 0.25) is 0 Å². The second-order valence-corrected chi connectivity index (χ2v) is 11.6. The van der Waals surface area contributed by atoms with Crippen molar-refractivity contribution in [2.45, 2.75) is 51.0 Å². The van der Waals surface area contributed by atoms with Gasteiger partial charge >= 0.3 is 0 Å². The Labute approximate surface area is 201 Å². The van der Waals surface area contributed by atoms with Crippen LogP contribution in [-0.2, 0) is 20.2 Å². The standard InChI is InChI=1S/C25H33N3O5S/c1-17-6-11-21(29)22(16-17)34(32,33)28-14-12-27(13-15-28)24(31)18(2)26-23(30)19-7-9-20(10-8-19)25(3,4)5/h6-11,16,18,29H,12-15H2,1-5H3,(H,26,30). The van der Waals surface area contributed by atoms with Crippen LogP contribution < -0.4 is 5.32 Å². The van der Waals surface area contributed by atoms with Gasteiger partial charge in [0.2, 0.25) is 15.9 Å². The quantitative estimate of drug-likeness (QED) is 0.674. The summed E-state index contributed by atoms with van der Waals surface area (Å²) < 4.78 is 27.2. The average molecular weight is 488 g/mol. The van der Waals surface area contributed by atoms with Crippen molar-refractivity contribution in [3.05, 3.63) is 59.2 Å². The molecule has 1 aliphatic rings. The second-order valence-electron chi connectivity index (χ2n) is 9.72. The zero-order valence-corrected chi connectivity index (χ0v) is 21.1. The van der Waals surface area contributed by atoms with Crippen molar-refractivity contribution in [1.29, 1.82) is 0 Å². The van der Waals surface area contributed by atoms with Crippen molar-refractivity contribution in [2.24, 2.45) is 0 Å². The summed E-state index contributed by atoms with van der Waals surface area (Å²) in [5.41, 5.74) is 2.29. The van der Waals surface area contributed by atoms with Crippen LogP contribution in [0.25, 0.3) is 0 Å². The number of hydrogen-bond acceptors (Lipinski definition) is 5. The van der Waals surface area contributed by atoms with E-state index < -0.39 is 16.1 Å². The molecular weight excluding hydrogens is 454 g/mol. The van der Waals surface area contributed by atoms with E-state index in [9.17, 15) is 23.1 Å². The Balaban J connectivity index is 1.59. The molecule has 1 heterocycles. The van der Waals surface area contributed by atoms with Crippen LogP contribution in [0.1, 0.15) is 49.2 Å². The number of nitrogens with zero attached hydrogens (tertiary/aromatic N) is 2. The van der Waals surface area contributed by atoms with Crippen molar-refractivity contribution in [2.75, 3.05) is 26.2 Å². The van der Waals surface area contributed by atoms with E-state index in [4.69, 9.17) is 0 Å². The Hall–Kier alpha value is -2.91. The lowest BCUT2D eigenvalue weighted by atomic mass is 9.86. The van der Waals surface area contributed by atoms with E-state index in [1.807, 2.05) is 12.1 Å². The summed E-state index contributed by atoms with van der Waals surface area (Å²) in [6, 6.07) is 11.0. The van der Waals surface area contributed by atoms with Gasteiger partial charge in [0.15, 0.2) is 0 Å².